The normalized spacial score (nSPS) is 14.9. The number of hydrogen-bond acceptors (Lipinski definition) is 4. The number of ketones is 1. The van der Waals surface area contributed by atoms with Crippen LogP contribution in [0.2, 0.25) is 5.02 Å². The molecular formula is C19H25ClN2O4. The van der Waals surface area contributed by atoms with Crippen molar-refractivity contribution in [2.75, 3.05) is 26.2 Å². The molecule has 1 saturated heterocycles. The van der Waals surface area contributed by atoms with Gasteiger partial charge < -0.3 is 14.5 Å². The third-order valence-electron chi connectivity index (χ3n) is 4.00. The van der Waals surface area contributed by atoms with Crippen LogP contribution in [0.3, 0.4) is 0 Å². The molecule has 7 heteroatoms. The van der Waals surface area contributed by atoms with Gasteiger partial charge in [-0.3, -0.25) is 9.59 Å². The fraction of sp³-hybridized carbons (Fsp3) is 0.526. The summed E-state index contributed by atoms with van der Waals surface area (Å²) in [6, 6.07) is 6.72. The van der Waals surface area contributed by atoms with Crippen LogP contribution in [0.15, 0.2) is 24.3 Å². The molecule has 2 amide bonds. The van der Waals surface area contributed by atoms with Gasteiger partial charge >= 0.3 is 6.09 Å². The molecule has 1 aliphatic heterocycles. The van der Waals surface area contributed by atoms with E-state index in [4.69, 9.17) is 16.3 Å². The lowest BCUT2D eigenvalue weighted by atomic mass is 10.1. The monoisotopic (exact) mass is 380 g/mol. The van der Waals surface area contributed by atoms with Gasteiger partial charge in [-0.15, -0.1) is 0 Å². The van der Waals surface area contributed by atoms with Crippen molar-refractivity contribution in [1.29, 1.82) is 0 Å². The van der Waals surface area contributed by atoms with Gasteiger partial charge in [-0.25, -0.2) is 4.79 Å². The van der Waals surface area contributed by atoms with Gasteiger partial charge in [-0.1, -0.05) is 23.7 Å². The van der Waals surface area contributed by atoms with Crippen molar-refractivity contribution in [3.63, 3.8) is 0 Å². The summed E-state index contributed by atoms with van der Waals surface area (Å²) in [4.78, 5) is 39.8. The lowest BCUT2D eigenvalue weighted by Crippen LogP contribution is -2.51. The molecule has 0 N–H and O–H groups in total. The molecule has 0 spiro atoms. The maximum atomic E-state index is 12.3. The first-order valence-electron chi connectivity index (χ1n) is 8.70. The maximum absolute atomic E-state index is 12.3. The number of halogens is 1. The van der Waals surface area contributed by atoms with E-state index in [9.17, 15) is 14.4 Å². The topological polar surface area (TPSA) is 66.9 Å². The average molecular weight is 381 g/mol. The van der Waals surface area contributed by atoms with Gasteiger partial charge in [0.15, 0.2) is 5.78 Å². The van der Waals surface area contributed by atoms with Gasteiger partial charge in [0.2, 0.25) is 5.91 Å². The highest BCUT2D eigenvalue weighted by atomic mass is 35.5. The Labute approximate surface area is 159 Å². The summed E-state index contributed by atoms with van der Waals surface area (Å²) < 4.78 is 5.34. The number of rotatable bonds is 4. The molecule has 0 radical (unpaired) electrons. The minimum absolute atomic E-state index is 0.0794. The predicted octanol–water partition coefficient (Wildman–Crippen LogP) is 3.38. The van der Waals surface area contributed by atoms with E-state index in [2.05, 4.69) is 0 Å². The van der Waals surface area contributed by atoms with Gasteiger partial charge in [0, 0.05) is 49.6 Å². The Balaban J connectivity index is 1.78. The van der Waals surface area contributed by atoms with Crippen molar-refractivity contribution in [3.05, 3.63) is 34.9 Å². The molecule has 0 aliphatic carbocycles. The number of amides is 2. The first-order chi connectivity index (χ1) is 12.2. The second kappa shape index (κ2) is 8.54. The number of hydrogen-bond donors (Lipinski definition) is 0. The molecule has 142 valence electrons. The van der Waals surface area contributed by atoms with Crippen LogP contribution in [-0.2, 0) is 9.53 Å². The van der Waals surface area contributed by atoms with Crippen LogP contribution in [0.1, 0.15) is 44.0 Å². The zero-order valence-corrected chi connectivity index (χ0v) is 16.2. The quantitative estimate of drug-likeness (QED) is 0.751. The molecule has 0 bridgehead atoms. The highest BCUT2D eigenvalue weighted by Crippen LogP contribution is 2.15. The van der Waals surface area contributed by atoms with Crippen molar-refractivity contribution in [1.82, 2.24) is 9.80 Å². The molecule has 1 aromatic carbocycles. The van der Waals surface area contributed by atoms with Gasteiger partial charge in [0.05, 0.1) is 0 Å². The standard InChI is InChI=1S/C19H25ClN2O4/c1-19(2,3)26-18(25)22-11-9-21(10-12-22)17(24)8-7-16(23)14-5-4-6-15(20)13-14/h4-6,13H,7-12H2,1-3H3. The minimum atomic E-state index is -0.537. The zero-order chi connectivity index (χ0) is 19.3. The van der Waals surface area contributed by atoms with E-state index in [1.807, 2.05) is 20.8 Å². The SMILES string of the molecule is CC(C)(C)OC(=O)N1CCN(C(=O)CCC(=O)c2cccc(Cl)c2)CC1. The molecule has 2 rings (SSSR count). The molecule has 26 heavy (non-hydrogen) atoms. The number of nitrogens with zero attached hydrogens (tertiary/aromatic N) is 2. The van der Waals surface area contributed by atoms with Gasteiger partial charge in [-0.05, 0) is 32.9 Å². The van der Waals surface area contributed by atoms with Crippen LogP contribution < -0.4 is 0 Å². The fourth-order valence-electron chi connectivity index (χ4n) is 2.65. The van der Waals surface area contributed by atoms with E-state index in [-0.39, 0.29) is 30.6 Å². The Morgan fingerprint density at radius 3 is 2.23 bits per heavy atom. The first-order valence-corrected chi connectivity index (χ1v) is 9.08. The summed E-state index contributed by atoms with van der Waals surface area (Å²) in [6.07, 6.45) is -0.0656. The van der Waals surface area contributed by atoms with Gasteiger partial charge in [0.1, 0.15) is 5.60 Å². The summed E-state index contributed by atoms with van der Waals surface area (Å²) in [7, 11) is 0. The molecule has 0 unspecified atom stereocenters. The van der Waals surface area contributed by atoms with Crippen LogP contribution in [-0.4, -0.2) is 59.4 Å². The van der Waals surface area contributed by atoms with Crippen LogP contribution in [0.25, 0.3) is 0 Å². The number of carbonyl (C=O) groups is 3. The van der Waals surface area contributed by atoms with Gasteiger partial charge in [0.25, 0.3) is 0 Å². The summed E-state index contributed by atoms with van der Waals surface area (Å²) >= 11 is 5.88. The molecule has 1 fully saturated rings. The first kappa shape index (κ1) is 20.2. The van der Waals surface area contributed by atoms with E-state index < -0.39 is 5.60 Å². The summed E-state index contributed by atoms with van der Waals surface area (Å²) in [5, 5.41) is 0.500. The van der Waals surface area contributed by atoms with Crippen molar-refractivity contribution in [2.45, 2.75) is 39.2 Å². The van der Waals surface area contributed by atoms with Crippen LogP contribution in [0.5, 0.6) is 0 Å². The highest BCUT2D eigenvalue weighted by Gasteiger charge is 2.27. The minimum Gasteiger partial charge on any atom is -0.444 e. The van der Waals surface area contributed by atoms with Crippen LogP contribution >= 0.6 is 11.6 Å². The Morgan fingerprint density at radius 2 is 1.65 bits per heavy atom. The maximum Gasteiger partial charge on any atom is 0.410 e. The molecule has 1 heterocycles. The number of benzene rings is 1. The summed E-state index contributed by atoms with van der Waals surface area (Å²) in [6.45, 7) is 7.23. The average Bonchev–Trinajstić information content (AvgIpc) is 2.58. The summed E-state index contributed by atoms with van der Waals surface area (Å²) in [5.74, 6) is -0.183. The van der Waals surface area contributed by atoms with E-state index in [0.717, 1.165) is 0 Å². The number of piperazine rings is 1. The Kier molecular flexibility index (Phi) is 6.64. The highest BCUT2D eigenvalue weighted by molar-refractivity contribution is 6.31. The number of carbonyl (C=O) groups excluding carboxylic acids is 3. The zero-order valence-electron chi connectivity index (χ0n) is 15.5. The summed E-state index contributed by atoms with van der Waals surface area (Å²) in [5.41, 5.74) is -0.0230. The molecule has 1 aromatic rings. The van der Waals surface area contributed by atoms with Crippen LogP contribution in [0.4, 0.5) is 4.79 Å². The lowest BCUT2D eigenvalue weighted by Gasteiger charge is -2.35. The number of Topliss-reactive ketones (excluding diaryl/α,β-unsaturated/α-hetero) is 1. The third kappa shape index (κ3) is 6.02. The largest absolute Gasteiger partial charge is 0.444 e. The second-order valence-electron chi connectivity index (χ2n) is 7.28. The molecule has 0 aromatic heterocycles. The van der Waals surface area contributed by atoms with E-state index in [1.54, 1.807) is 34.1 Å². The second-order valence-corrected chi connectivity index (χ2v) is 7.72. The molecular weight excluding hydrogens is 356 g/mol. The smallest absolute Gasteiger partial charge is 0.410 e. The van der Waals surface area contributed by atoms with E-state index in [0.29, 0.717) is 36.8 Å². The molecule has 0 atom stereocenters. The van der Waals surface area contributed by atoms with Crippen molar-refractivity contribution < 1.29 is 19.1 Å². The predicted molar refractivity (Wildman–Crippen MR) is 99.4 cm³/mol. The third-order valence-corrected chi connectivity index (χ3v) is 4.23. The molecule has 0 saturated carbocycles. The van der Waals surface area contributed by atoms with Gasteiger partial charge in [-0.2, -0.15) is 0 Å². The fourth-order valence-corrected chi connectivity index (χ4v) is 2.84. The van der Waals surface area contributed by atoms with E-state index in [1.165, 1.54) is 0 Å². The number of ether oxygens (including phenoxy) is 1. The lowest BCUT2D eigenvalue weighted by molar-refractivity contribution is -0.132. The molecule has 6 nitrogen and oxygen atoms in total. The Morgan fingerprint density at radius 1 is 1.04 bits per heavy atom. The van der Waals surface area contributed by atoms with Crippen molar-refractivity contribution in [2.24, 2.45) is 0 Å². The Hall–Kier alpha value is -2.08. The van der Waals surface area contributed by atoms with E-state index >= 15 is 0 Å². The van der Waals surface area contributed by atoms with Crippen molar-refractivity contribution >= 4 is 29.4 Å². The molecule has 1 aliphatic rings. The van der Waals surface area contributed by atoms with Crippen LogP contribution in [0, 0.1) is 0 Å². The van der Waals surface area contributed by atoms with Crippen molar-refractivity contribution in [3.8, 4) is 0 Å². The Bertz CT molecular complexity index is 676.